The zero-order valence-electron chi connectivity index (χ0n) is 12.0. The molecule has 0 aromatic carbocycles. The Kier molecular flexibility index (Phi) is 5.85. The first-order valence-electron chi connectivity index (χ1n) is 6.02. The van der Waals surface area contributed by atoms with Gasteiger partial charge >= 0.3 is 11.9 Å². The third-order valence-electron chi connectivity index (χ3n) is 2.62. The molecule has 9 nitrogen and oxygen atoms in total. The Labute approximate surface area is 122 Å². The second-order valence-electron chi connectivity index (χ2n) is 3.97. The van der Waals surface area contributed by atoms with Crippen LogP contribution >= 0.6 is 0 Å². The first kappa shape index (κ1) is 17.1. The fraction of sp³-hybridized carbons (Fsp3) is 0.545. The van der Waals surface area contributed by atoms with Gasteiger partial charge in [-0.25, -0.2) is 13.4 Å². The Morgan fingerprint density at radius 1 is 1.24 bits per heavy atom. The fourth-order valence-corrected chi connectivity index (χ4v) is 2.70. The molecule has 1 rings (SSSR count). The SMILES string of the molecule is CCc1ncc(S(=O)(=O)N(CC(=O)OC)CC(=O)OC)[nH]1. The van der Waals surface area contributed by atoms with Crippen molar-refractivity contribution in [3.05, 3.63) is 12.0 Å². The Bertz CT molecular complexity index is 591. The number of aromatic nitrogens is 2. The summed E-state index contributed by atoms with van der Waals surface area (Å²) in [6.45, 7) is 0.596. The molecule has 10 heteroatoms. The van der Waals surface area contributed by atoms with E-state index in [9.17, 15) is 18.0 Å². The van der Waals surface area contributed by atoms with Crippen molar-refractivity contribution in [3.63, 3.8) is 0 Å². The molecule has 21 heavy (non-hydrogen) atoms. The molecule has 0 fully saturated rings. The van der Waals surface area contributed by atoms with Crippen LogP contribution < -0.4 is 0 Å². The summed E-state index contributed by atoms with van der Waals surface area (Å²) in [5, 5.41) is -0.202. The maximum atomic E-state index is 12.4. The van der Waals surface area contributed by atoms with Gasteiger partial charge in [0.25, 0.3) is 10.0 Å². The van der Waals surface area contributed by atoms with Crippen LogP contribution in [0.2, 0.25) is 0 Å². The van der Waals surface area contributed by atoms with Crippen molar-refractivity contribution in [2.45, 2.75) is 18.4 Å². The van der Waals surface area contributed by atoms with Crippen LogP contribution in [0.25, 0.3) is 0 Å². The number of aromatic amines is 1. The summed E-state index contributed by atoms with van der Waals surface area (Å²) in [6, 6.07) is 0. The monoisotopic (exact) mass is 319 g/mol. The van der Waals surface area contributed by atoms with E-state index in [1.165, 1.54) is 0 Å². The number of carbonyl (C=O) groups is 2. The lowest BCUT2D eigenvalue weighted by Crippen LogP contribution is -2.40. The van der Waals surface area contributed by atoms with Gasteiger partial charge in [0.15, 0.2) is 5.03 Å². The van der Waals surface area contributed by atoms with Gasteiger partial charge in [-0.3, -0.25) is 9.59 Å². The van der Waals surface area contributed by atoms with Crippen LogP contribution in [0.3, 0.4) is 0 Å². The number of imidazole rings is 1. The van der Waals surface area contributed by atoms with E-state index >= 15 is 0 Å². The maximum absolute atomic E-state index is 12.4. The fourth-order valence-electron chi connectivity index (χ4n) is 1.44. The van der Waals surface area contributed by atoms with Crippen molar-refractivity contribution >= 4 is 22.0 Å². The number of sulfonamides is 1. The standard InChI is InChI=1S/C11H17N3O6S/c1-4-8-12-5-9(13-8)21(17,18)14(6-10(15)19-2)7-11(16)20-3/h5H,4,6-7H2,1-3H3,(H,12,13). The Morgan fingerprint density at radius 3 is 2.14 bits per heavy atom. The van der Waals surface area contributed by atoms with Crippen molar-refractivity contribution in [3.8, 4) is 0 Å². The summed E-state index contributed by atoms with van der Waals surface area (Å²) < 4.78 is 34.3. The van der Waals surface area contributed by atoms with E-state index < -0.39 is 35.1 Å². The number of H-pyrrole nitrogens is 1. The average molecular weight is 319 g/mol. The Hall–Kier alpha value is -1.94. The van der Waals surface area contributed by atoms with Gasteiger partial charge in [-0.1, -0.05) is 6.92 Å². The summed E-state index contributed by atoms with van der Waals surface area (Å²) >= 11 is 0. The number of rotatable bonds is 7. The van der Waals surface area contributed by atoms with Crippen LogP contribution in [-0.4, -0.2) is 61.9 Å². The van der Waals surface area contributed by atoms with E-state index in [2.05, 4.69) is 19.4 Å². The summed E-state index contributed by atoms with van der Waals surface area (Å²) in [5.41, 5.74) is 0. The zero-order valence-corrected chi connectivity index (χ0v) is 12.8. The number of hydrogen-bond acceptors (Lipinski definition) is 7. The Morgan fingerprint density at radius 2 is 1.76 bits per heavy atom. The minimum atomic E-state index is -4.09. The van der Waals surface area contributed by atoms with E-state index in [4.69, 9.17) is 0 Å². The number of aryl methyl sites for hydroxylation is 1. The molecule has 1 aromatic rings. The van der Waals surface area contributed by atoms with Gasteiger partial charge in [-0.15, -0.1) is 0 Å². The molecule has 118 valence electrons. The molecule has 0 atom stereocenters. The van der Waals surface area contributed by atoms with Crippen LogP contribution in [0, 0.1) is 0 Å². The highest BCUT2D eigenvalue weighted by Gasteiger charge is 2.30. The van der Waals surface area contributed by atoms with Crippen molar-refractivity contribution in [1.82, 2.24) is 14.3 Å². The number of nitrogens with one attached hydrogen (secondary N) is 1. The average Bonchev–Trinajstić information content (AvgIpc) is 2.95. The van der Waals surface area contributed by atoms with E-state index in [0.29, 0.717) is 16.6 Å². The van der Waals surface area contributed by atoms with Crippen molar-refractivity contribution in [2.24, 2.45) is 0 Å². The lowest BCUT2D eigenvalue weighted by Gasteiger charge is -2.18. The molecular formula is C11H17N3O6S. The molecule has 0 unspecified atom stereocenters. The predicted molar refractivity (Wildman–Crippen MR) is 70.8 cm³/mol. The number of hydrogen-bond donors (Lipinski definition) is 1. The van der Waals surface area contributed by atoms with E-state index in [-0.39, 0.29) is 5.03 Å². The molecule has 0 spiro atoms. The highest BCUT2D eigenvalue weighted by Crippen LogP contribution is 2.14. The zero-order chi connectivity index (χ0) is 16.0. The second-order valence-corrected chi connectivity index (χ2v) is 5.88. The molecule has 0 bridgehead atoms. The molecule has 1 N–H and O–H groups in total. The van der Waals surface area contributed by atoms with Crippen molar-refractivity contribution in [2.75, 3.05) is 27.3 Å². The number of ether oxygens (including phenoxy) is 2. The minimum absolute atomic E-state index is 0.202. The first-order chi connectivity index (χ1) is 9.84. The number of methoxy groups -OCH3 is 2. The lowest BCUT2D eigenvalue weighted by atomic mass is 10.5. The van der Waals surface area contributed by atoms with Crippen LogP contribution in [-0.2, 0) is 35.5 Å². The summed E-state index contributed by atoms with van der Waals surface area (Å²) in [6.07, 6.45) is 1.65. The minimum Gasteiger partial charge on any atom is -0.468 e. The van der Waals surface area contributed by atoms with E-state index in [1.54, 1.807) is 6.92 Å². The third-order valence-corrected chi connectivity index (χ3v) is 4.33. The van der Waals surface area contributed by atoms with Crippen molar-refractivity contribution < 1.29 is 27.5 Å². The predicted octanol–water partition coefficient (Wildman–Crippen LogP) is -0.691. The van der Waals surface area contributed by atoms with Gasteiger partial charge in [0.05, 0.1) is 20.4 Å². The van der Waals surface area contributed by atoms with E-state index in [0.717, 1.165) is 20.4 Å². The molecule has 1 heterocycles. The summed E-state index contributed by atoms with van der Waals surface area (Å²) in [5.74, 6) is -1.11. The van der Waals surface area contributed by atoms with Gasteiger partial charge in [0.1, 0.15) is 18.9 Å². The van der Waals surface area contributed by atoms with Crippen molar-refractivity contribution in [1.29, 1.82) is 0 Å². The molecule has 1 aromatic heterocycles. The second kappa shape index (κ2) is 7.18. The highest BCUT2D eigenvalue weighted by molar-refractivity contribution is 7.89. The Balaban J connectivity index is 3.09. The van der Waals surface area contributed by atoms with Crippen LogP contribution in [0.4, 0.5) is 0 Å². The van der Waals surface area contributed by atoms with Gasteiger partial charge < -0.3 is 14.5 Å². The molecule has 0 aliphatic heterocycles. The number of esters is 2. The normalized spacial score (nSPS) is 11.4. The largest absolute Gasteiger partial charge is 0.468 e. The van der Waals surface area contributed by atoms with Crippen LogP contribution in [0.5, 0.6) is 0 Å². The highest BCUT2D eigenvalue weighted by atomic mass is 32.2. The van der Waals surface area contributed by atoms with Gasteiger partial charge in [0.2, 0.25) is 0 Å². The van der Waals surface area contributed by atoms with Gasteiger partial charge in [0, 0.05) is 6.42 Å². The topological polar surface area (TPSA) is 119 Å². The quantitative estimate of drug-likeness (QED) is 0.661. The first-order valence-corrected chi connectivity index (χ1v) is 7.46. The smallest absolute Gasteiger partial charge is 0.321 e. The maximum Gasteiger partial charge on any atom is 0.321 e. The lowest BCUT2D eigenvalue weighted by molar-refractivity contribution is -0.143. The molecule has 0 saturated carbocycles. The third kappa shape index (κ3) is 4.26. The number of carbonyl (C=O) groups excluding carboxylic acids is 2. The molecule has 0 aliphatic rings. The van der Waals surface area contributed by atoms with Gasteiger partial charge in [-0.2, -0.15) is 4.31 Å². The molecule has 0 aliphatic carbocycles. The molecular weight excluding hydrogens is 302 g/mol. The van der Waals surface area contributed by atoms with Crippen LogP contribution in [0.1, 0.15) is 12.7 Å². The number of nitrogens with zero attached hydrogens (tertiary/aromatic N) is 2. The molecule has 0 saturated heterocycles. The van der Waals surface area contributed by atoms with Crippen LogP contribution in [0.15, 0.2) is 11.2 Å². The summed E-state index contributed by atoms with van der Waals surface area (Å²) in [4.78, 5) is 29.2. The van der Waals surface area contributed by atoms with E-state index in [1.807, 2.05) is 0 Å². The van der Waals surface area contributed by atoms with Gasteiger partial charge in [-0.05, 0) is 0 Å². The summed E-state index contributed by atoms with van der Waals surface area (Å²) in [7, 11) is -1.84. The molecule has 0 radical (unpaired) electrons. The molecule has 0 amide bonds.